The van der Waals surface area contributed by atoms with Crippen molar-refractivity contribution in [3.63, 3.8) is 0 Å². The molecule has 2 heterocycles. The van der Waals surface area contributed by atoms with E-state index in [-0.39, 0.29) is 5.91 Å². The molecule has 7 heteroatoms. The standard InChI is InChI=1S/C18H16BrN3O3/c1-11-16(17(22-25-11)14-5-3-4-8-20-14)18(23)21-10-12-9-13(19)6-7-15(12)24-2/h3-9H,10H2,1-2H3,(H,21,23). The van der Waals surface area contributed by atoms with E-state index in [0.717, 1.165) is 10.0 Å². The van der Waals surface area contributed by atoms with Crippen LogP contribution in [0.15, 0.2) is 51.6 Å². The van der Waals surface area contributed by atoms with E-state index < -0.39 is 0 Å². The molecule has 0 bridgehead atoms. The number of methoxy groups -OCH3 is 1. The van der Waals surface area contributed by atoms with Crippen LogP contribution in [-0.2, 0) is 6.54 Å². The number of nitrogens with zero attached hydrogens (tertiary/aromatic N) is 2. The predicted molar refractivity (Wildman–Crippen MR) is 96.3 cm³/mol. The van der Waals surface area contributed by atoms with Gasteiger partial charge in [0.05, 0.1) is 12.8 Å². The molecule has 2 aromatic heterocycles. The topological polar surface area (TPSA) is 77.2 Å². The van der Waals surface area contributed by atoms with Crippen LogP contribution in [-0.4, -0.2) is 23.2 Å². The Morgan fingerprint density at radius 3 is 2.88 bits per heavy atom. The highest BCUT2D eigenvalue weighted by Gasteiger charge is 2.22. The lowest BCUT2D eigenvalue weighted by molar-refractivity contribution is 0.0949. The second kappa shape index (κ2) is 7.48. The van der Waals surface area contributed by atoms with Crippen LogP contribution in [0.3, 0.4) is 0 Å². The highest BCUT2D eigenvalue weighted by atomic mass is 79.9. The fraction of sp³-hybridized carbons (Fsp3) is 0.167. The van der Waals surface area contributed by atoms with E-state index in [9.17, 15) is 4.79 Å². The molecule has 0 unspecified atom stereocenters. The lowest BCUT2D eigenvalue weighted by Crippen LogP contribution is -2.24. The summed E-state index contributed by atoms with van der Waals surface area (Å²) in [4.78, 5) is 16.9. The van der Waals surface area contributed by atoms with Gasteiger partial charge in [0, 0.05) is 22.8 Å². The summed E-state index contributed by atoms with van der Waals surface area (Å²) in [5.74, 6) is 0.872. The number of amides is 1. The first-order valence-electron chi connectivity index (χ1n) is 7.58. The molecular formula is C18H16BrN3O3. The van der Waals surface area contributed by atoms with E-state index in [4.69, 9.17) is 9.26 Å². The molecule has 0 radical (unpaired) electrons. The van der Waals surface area contributed by atoms with Crippen molar-refractivity contribution < 1.29 is 14.1 Å². The maximum Gasteiger partial charge on any atom is 0.257 e. The number of aryl methyl sites for hydroxylation is 1. The quantitative estimate of drug-likeness (QED) is 0.704. The second-order valence-corrected chi connectivity index (χ2v) is 6.23. The molecule has 3 rings (SSSR count). The molecule has 1 aromatic carbocycles. The summed E-state index contributed by atoms with van der Waals surface area (Å²) in [5, 5.41) is 6.87. The molecule has 0 aliphatic carbocycles. The lowest BCUT2D eigenvalue weighted by atomic mass is 10.1. The number of hydrogen-bond acceptors (Lipinski definition) is 5. The van der Waals surface area contributed by atoms with E-state index in [0.29, 0.717) is 35.0 Å². The first-order chi connectivity index (χ1) is 12.1. The van der Waals surface area contributed by atoms with Crippen LogP contribution in [0.1, 0.15) is 21.7 Å². The Morgan fingerprint density at radius 1 is 1.32 bits per heavy atom. The third kappa shape index (κ3) is 3.71. The van der Waals surface area contributed by atoms with Gasteiger partial charge in [0.15, 0.2) is 0 Å². The number of ether oxygens (including phenoxy) is 1. The predicted octanol–water partition coefficient (Wildman–Crippen LogP) is 3.75. The Morgan fingerprint density at radius 2 is 2.16 bits per heavy atom. The minimum absolute atomic E-state index is 0.276. The van der Waals surface area contributed by atoms with Gasteiger partial charge in [-0.2, -0.15) is 0 Å². The Kier molecular flexibility index (Phi) is 5.14. The molecule has 128 valence electrons. The molecule has 0 saturated heterocycles. The van der Waals surface area contributed by atoms with Crippen LogP contribution in [0.25, 0.3) is 11.4 Å². The first-order valence-corrected chi connectivity index (χ1v) is 8.37. The average Bonchev–Trinajstić information content (AvgIpc) is 3.02. The van der Waals surface area contributed by atoms with E-state index in [1.54, 1.807) is 32.4 Å². The zero-order chi connectivity index (χ0) is 17.8. The zero-order valence-corrected chi connectivity index (χ0v) is 15.3. The van der Waals surface area contributed by atoms with Gasteiger partial charge in [0.25, 0.3) is 5.91 Å². The second-order valence-electron chi connectivity index (χ2n) is 5.32. The number of benzene rings is 1. The number of carbonyl (C=O) groups excluding carboxylic acids is 1. The molecule has 1 amide bonds. The summed E-state index contributed by atoms with van der Waals surface area (Å²) < 4.78 is 11.4. The molecule has 0 fully saturated rings. The smallest absolute Gasteiger partial charge is 0.257 e. The number of carbonyl (C=O) groups is 1. The van der Waals surface area contributed by atoms with Crippen LogP contribution in [0.2, 0.25) is 0 Å². The number of hydrogen-bond donors (Lipinski definition) is 1. The maximum absolute atomic E-state index is 12.7. The molecule has 0 aliphatic rings. The highest BCUT2D eigenvalue weighted by Crippen LogP contribution is 2.25. The lowest BCUT2D eigenvalue weighted by Gasteiger charge is -2.10. The summed E-state index contributed by atoms with van der Waals surface area (Å²) in [5.41, 5.74) is 2.26. The van der Waals surface area contributed by atoms with Crippen molar-refractivity contribution in [1.82, 2.24) is 15.5 Å². The van der Waals surface area contributed by atoms with Crippen molar-refractivity contribution in [3.05, 3.63) is 64.0 Å². The molecule has 0 spiro atoms. The van der Waals surface area contributed by atoms with E-state index >= 15 is 0 Å². The Bertz CT molecular complexity index is 894. The molecular weight excluding hydrogens is 386 g/mol. The minimum Gasteiger partial charge on any atom is -0.496 e. The largest absolute Gasteiger partial charge is 0.496 e. The molecule has 0 aliphatic heterocycles. The van der Waals surface area contributed by atoms with Gasteiger partial charge in [0.2, 0.25) is 0 Å². The molecule has 0 atom stereocenters. The van der Waals surface area contributed by atoms with Gasteiger partial charge in [-0.25, -0.2) is 0 Å². The molecule has 0 saturated carbocycles. The van der Waals surface area contributed by atoms with Gasteiger partial charge in [-0.3, -0.25) is 9.78 Å². The van der Waals surface area contributed by atoms with Crippen LogP contribution in [0.5, 0.6) is 5.75 Å². The summed E-state index contributed by atoms with van der Waals surface area (Å²) >= 11 is 3.42. The Hall–Kier alpha value is -2.67. The van der Waals surface area contributed by atoms with Crippen molar-refractivity contribution in [2.45, 2.75) is 13.5 Å². The van der Waals surface area contributed by atoms with E-state index in [1.165, 1.54) is 0 Å². The Labute approximate surface area is 153 Å². The van der Waals surface area contributed by atoms with E-state index in [1.807, 2.05) is 24.3 Å². The summed E-state index contributed by atoms with van der Waals surface area (Å²) in [7, 11) is 1.60. The maximum atomic E-state index is 12.7. The summed E-state index contributed by atoms with van der Waals surface area (Å²) in [6.07, 6.45) is 1.65. The fourth-order valence-corrected chi connectivity index (χ4v) is 2.87. The van der Waals surface area contributed by atoms with Crippen LogP contribution in [0.4, 0.5) is 0 Å². The number of nitrogens with one attached hydrogen (secondary N) is 1. The minimum atomic E-state index is -0.276. The summed E-state index contributed by atoms with van der Waals surface area (Å²) in [6, 6.07) is 11.0. The van der Waals surface area contributed by atoms with Crippen molar-refractivity contribution in [3.8, 4) is 17.1 Å². The number of pyridine rings is 1. The third-order valence-corrected chi connectivity index (χ3v) is 4.17. The number of aromatic nitrogens is 2. The summed E-state index contributed by atoms with van der Waals surface area (Å²) in [6.45, 7) is 2.02. The van der Waals surface area contributed by atoms with Gasteiger partial charge >= 0.3 is 0 Å². The number of rotatable bonds is 5. The van der Waals surface area contributed by atoms with Gasteiger partial charge in [-0.1, -0.05) is 27.2 Å². The molecule has 25 heavy (non-hydrogen) atoms. The average molecular weight is 402 g/mol. The molecule has 3 aromatic rings. The van der Waals surface area contributed by atoms with E-state index in [2.05, 4.69) is 31.4 Å². The van der Waals surface area contributed by atoms with Crippen LogP contribution < -0.4 is 10.1 Å². The van der Waals surface area contributed by atoms with Crippen molar-refractivity contribution in [1.29, 1.82) is 0 Å². The van der Waals surface area contributed by atoms with Gasteiger partial charge in [-0.05, 0) is 37.3 Å². The van der Waals surface area contributed by atoms with Gasteiger partial charge < -0.3 is 14.6 Å². The van der Waals surface area contributed by atoms with Crippen molar-refractivity contribution >= 4 is 21.8 Å². The monoisotopic (exact) mass is 401 g/mol. The van der Waals surface area contributed by atoms with Crippen LogP contribution in [0, 0.1) is 6.92 Å². The normalized spacial score (nSPS) is 10.5. The Balaban J connectivity index is 1.83. The van der Waals surface area contributed by atoms with Gasteiger partial charge in [-0.15, -0.1) is 0 Å². The SMILES string of the molecule is COc1ccc(Br)cc1CNC(=O)c1c(-c2ccccn2)noc1C. The number of halogens is 1. The van der Waals surface area contributed by atoms with Crippen LogP contribution >= 0.6 is 15.9 Å². The molecule has 6 nitrogen and oxygen atoms in total. The third-order valence-electron chi connectivity index (χ3n) is 3.68. The van der Waals surface area contributed by atoms with Crippen molar-refractivity contribution in [2.24, 2.45) is 0 Å². The first kappa shape index (κ1) is 17.2. The molecule has 1 N–H and O–H groups in total. The highest BCUT2D eigenvalue weighted by molar-refractivity contribution is 9.10. The zero-order valence-electron chi connectivity index (χ0n) is 13.7. The van der Waals surface area contributed by atoms with Gasteiger partial charge in [0.1, 0.15) is 22.8 Å². The fourth-order valence-electron chi connectivity index (χ4n) is 2.47. The van der Waals surface area contributed by atoms with Crippen molar-refractivity contribution in [2.75, 3.05) is 7.11 Å².